The molecule has 0 aliphatic carbocycles. The van der Waals surface area contributed by atoms with Gasteiger partial charge in [-0.05, 0) is 77.7 Å². The molecule has 7 rings (SSSR count). The average Bonchev–Trinajstić information content (AvgIpc) is 2.96. The molecule has 3 aliphatic rings. The first-order chi connectivity index (χ1) is 17.7. The number of hydrogen-bond acceptors (Lipinski definition) is 4. The van der Waals surface area contributed by atoms with Crippen molar-refractivity contribution in [1.82, 2.24) is 9.88 Å². The predicted octanol–water partition coefficient (Wildman–Crippen LogP) is 6.37. The standard InChI is InChI=1S/C32H32N2O2/c1-36-27-13-14-30-29(20-27)28(15-17-33-30)32(35)31-19-25-16-18-34(31)21-26(25)12-9-22-7-10-24(11-8-22)23-5-3-2-4-6-23/h2-15,17,20,25-26,31-32,35H,16,18-19,21H2,1H3/b12-9+/t25-,26+,31-,32-/m1/s1. The third kappa shape index (κ3) is 4.43. The van der Waals surface area contributed by atoms with Gasteiger partial charge in [0.15, 0.2) is 0 Å². The predicted molar refractivity (Wildman–Crippen MR) is 146 cm³/mol. The van der Waals surface area contributed by atoms with Crippen LogP contribution in [0.2, 0.25) is 0 Å². The molecule has 4 heterocycles. The van der Waals surface area contributed by atoms with Gasteiger partial charge in [0.2, 0.25) is 0 Å². The number of rotatable bonds is 6. The summed E-state index contributed by atoms with van der Waals surface area (Å²) < 4.78 is 5.43. The molecule has 2 bridgehead atoms. The third-order valence-corrected chi connectivity index (χ3v) is 8.07. The number of piperidine rings is 3. The van der Waals surface area contributed by atoms with Crippen LogP contribution in [-0.2, 0) is 0 Å². The molecule has 0 saturated carbocycles. The fraction of sp³-hybridized carbons (Fsp3) is 0.281. The van der Waals surface area contributed by atoms with E-state index in [0.29, 0.717) is 11.8 Å². The average molecular weight is 477 g/mol. The summed E-state index contributed by atoms with van der Waals surface area (Å²) in [5.41, 5.74) is 5.56. The van der Waals surface area contributed by atoms with Gasteiger partial charge in [-0.2, -0.15) is 0 Å². The lowest BCUT2D eigenvalue weighted by Crippen LogP contribution is -2.54. The van der Waals surface area contributed by atoms with Gasteiger partial charge in [-0.1, -0.05) is 66.7 Å². The summed E-state index contributed by atoms with van der Waals surface area (Å²) in [6, 6.07) is 27.3. The Hall–Kier alpha value is -3.47. The fourth-order valence-electron chi connectivity index (χ4n) is 6.05. The highest BCUT2D eigenvalue weighted by atomic mass is 16.5. The van der Waals surface area contributed by atoms with Gasteiger partial charge >= 0.3 is 0 Å². The maximum atomic E-state index is 11.5. The molecule has 4 aromatic rings. The maximum Gasteiger partial charge on any atom is 0.119 e. The van der Waals surface area contributed by atoms with Gasteiger partial charge in [0, 0.05) is 24.2 Å². The second-order valence-corrected chi connectivity index (χ2v) is 10.1. The van der Waals surface area contributed by atoms with Crippen molar-refractivity contribution in [3.8, 4) is 16.9 Å². The van der Waals surface area contributed by atoms with Gasteiger partial charge in [-0.25, -0.2) is 0 Å². The van der Waals surface area contributed by atoms with E-state index in [1.165, 1.54) is 23.1 Å². The van der Waals surface area contributed by atoms with Crippen LogP contribution in [0.5, 0.6) is 5.75 Å². The molecule has 1 N–H and O–H groups in total. The lowest BCUT2D eigenvalue weighted by atomic mass is 9.73. The van der Waals surface area contributed by atoms with E-state index in [2.05, 4.69) is 76.6 Å². The van der Waals surface area contributed by atoms with Crippen molar-refractivity contribution in [2.24, 2.45) is 11.8 Å². The lowest BCUT2D eigenvalue weighted by Gasteiger charge is -2.50. The summed E-state index contributed by atoms with van der Waals surface area (Å²) in [5.74, 6) is 1.90. The smallest absolute Gasteiger partial charge is 0.119 e. The summed E-state index contributed by atoms with van der Waals surface area (Å²) in [6.07, 6.45) is 8.13. The van der Waals surface area contributed by atoms with Crippen molar-refractivity contribution in [1.29, 1.82) is 0 Å². The number of nitrogens with zero attached hydrogens (tertiary/aromatic N) is 2. The molecule has 1 aromatic heterocycles. The van der Waals surface area contributed by atoms with Crippen LogP contribution in [0.3, 0.4) is 0 Å². The molecular formula is C32H32N2O2. The Bertz CT molecular complexity index is 1370. The maximum absolute atomic E-state index is 11.5. The van der Waals surface area contributed by atoms with Crippen molar-refractivity contribution < 1.29 is 9.84 Å². The second-order valence-electron chi connectivity index (χ2n) is 10.1. The zero-order chi connectivity index (χ0) is 24.5. The van der Waals surface area contributed by atoms with Crippen molar-refractivity contribution in [2.75, 3.05) is 20.2 Å². The molecule has 3 aliphatic heterocycles. The van der Waals surface area contributed by atoms with Crippen molar-refractivity contribution in [3.05, 3.63) is 102 Å². The summed E-state index contributed by atoms with van der Waals surface area (Å²) in [5, 5.41) is 12.5. The molecule has 4 heteroatoms. The number of pyridine rings is 1. The van der Waals surface area contributed by atoms with Crippen molar-refractivity contribution in [2.45, 2.75) is 25.0 Å². The van der Waals surface area contributed by atoms with Gasteiger partial charge in [-0.15, -0.1) is 0 Å². The molecular weight excluding hydrogens is 444 g/mol. The fourth-order valence-corrected chi connectivity index (χ4v) is 6.05. The first-order valence-electron chi connectivity index (χ1n) is 12.9. The Morgan fingerprint density at radius 1 is 1.00 bits per heavy atom. The van der Waals surface area contributed by atoms with E-state index in [4.69, 9.17) is 4.74 Å². The van der Waals surface area contributed by atoms with E-state index in [1.807, 2.05) is 24.3 Å². The number of benzene rings is 3. The van der Waals surface area contributed by atoms with Crippen molar-refractivity contribution >= 4 is 17.0 Å². The molecule has 5 atom stereocenters. The number of aliphatic hydroxyl groups excluding tert-OH is 1. The number of fused-ring (bicyclic) bond motifs is 4. The zero-order valence-corrected chi connectivity index (χ0v) is 20.6. The first-order valence-corrected chi connectivity index (χ1v) is 12.9. The van der Waals surface area contributed by atoms with Crippen LogP contribution < -0.4 is 4.74 Å². The van der Waals surface area contributed by atoms with Gasteiger partial charge < -0.3 is 9.84 Å². The minimum Gasteiger partial charge on any atom is -0.497 e. The minimum atomic E-state index is -0.541. The summed E-state index contributed by atoms with van der Waals surface area (Å²) in [7, 11) is 1.67. The Kier molecular flexibility index (Phi) is 6.30. The van der Waals surface area contributed by atoms with Crippen LogP contribution in [0.1, 0.15) is 30.1 Å². The summed E-state index contributed by atoms with van der Waals surface area (Å²) in [6.45, 7) is 2.05. The van der Waals surface area contributed by atoms with Crippen LogP contribution in [0.25, 0.3) is 28.1 Å². The monoisotopic (exact) mass is 476 g/mol. The van der Waals surface area contributed by atoms with E-state index in [1.54, 1.807) is 13.3 Å². The van der Waals surface area contributed by atoms with Gasteiger partial charge in [0.25, 0.3) is 0 Å². The van der Waals surface area contributed by atoms with Crippen molar-refractivity contribution in [3.63, 3.8) is 0 Å². The van der Waals surface area contributed by atoms with Crippen LogP contribution >= 0.6 is 0 Å². The Morgan fingerprint density at radius 2 is 1.81 bits per heavy atom. The topological polar surface area (TPSA) is 45.6 Å². The van der Waals surface area contributed by atoms with Crippen LogP contribution in [0, 0.1) is 11.8 Å². The number of hydrogen-bond donors (Lipinski definition) is 1. The zero-order valence-electron chi connectivity index (χ0n) is 20.6. The number of methoxy groups -OCH3 is 1. The normalized spacial score (nSPS) is 24.3. The molecule has 4 nitrogen and oxygen atoms in total. The molecule has 1 unspecified atom stereocenters. The second kappa shape index (κ2) is 9.88. The quantitative estimate of drug-likeness (QED) is 0.351. The molecule has 3 fully saturated rings. The van der Waals surface area contributed by atoms with Gasteiger partial charge in [0.1, 0.15) is 5.75 Å². The molecule has 36 heavy (non-hydrogen) atoms. The lowest BCUT2D eigenvalue weighted by molar-refractivity contribution is -0.0444. The highest BCUT2D eigenvalue weighted by molar-refractivity contribution is 5.84. The highest BCUT2D eigenvalue weighted by Crippen LogP contribution is 2.42. The van der Waals surface area contributed by atoms with Crippen LogP contribution in [0.4, 0.5) is 0 Å². The van der Waals surface area contributed by atoms with Gasteiger partial charge in [-0.3, -0.25) is 9.88 Å². The SMILES string of the molecule is COc1ccc2nccc([C@@H](O)[C@H]3C[C@H]4CCN3C[C@@H]4/C=C/c3ccc(-c4ccccc4)cc3)c2c1. The van der Waals surface area contributed by atoms with E-state index < -0.39 is 6.10 Å². The minimum absolute atomic E-state index is 0.135. The van der Waals surface area contributed by atoms with E-state index in [-0.39, 0.29) is 6.04 Å². The first kappa shape index (κ1) is 23.0. The Labute approximate surface area is 212 Å². The molecule has 0 amide bonds. The largest absolute Gasteiger partial charge is 0.497 e. The summed E-state index contributed by atoms with van der Waals surface area (Å²) >= 11 is 0. The van der Waals surface area contributed by atoms with Gasteiger partial charge in [0.05, 0.1) is 18.7 Å². The molecule has 0 radical (unpaired) electrons. The number of aliphatic hydroxyl groups is 1. The highest BCUT2D eigenvalue weighted by Gasteiger charge is 2.42. The van der Waals surface area contributed by atoms with E-state index in [9.17, 15) is 5.11 Å². The molecule has 0 spiro atoms. The molecule has 182 valence electrons. The number of ether oxygens (including phenoxy) is 1. The summed E-state index contributed by atoms with van der Waals surface area (Å²) in [4.78, 5) is 6.98. The van der Waals surface area contributed by atoms with E-state index >= 15 is 0 Å². The Morgan fingerprint density at radius 3 is 2.56 bits per heavy atom. The molecule has 3 aromatic carbocycles. The number of aromatic nitrogens is 1. The van der Waals surface area contributed by atoms with Crippen LogP contribution in [0.15, 0.2) is 91.1 Å². The van der Waals surface area contributed by atoms with Crippen LogP contribution in [-0.4, -0.2) is 41.2 Å². The molecule has 3 saturated heterocycles. The third-order valence-electron chi connectivity index (χ3n) is 8.07. The van der Waals surface area contributed by atoms with E-state index in [0.717, 1.165) is 41.7 Å². The Balaban J connectivity index is 1.16.